The zero-order valence-corrected chi connectivity index (χ0v) is 17.6. The van der Waals surface area contributed by atoms with Crippen LogP contribution in [0.2, 0.25) is 0 Å². The Morgan fingerprint density at radius 3 is 2.55 bits per heavy atom. The topological polar surface area (TPSA) is 54.0 Å². The van der Waals surface area contributed by atoms with Gasteiger partial charge in [0.2, 0.25) is 0 Å². The summed E-state index contributed by atoms with van der Waals surface area (Å²) in [5.74, 6) is 0.596. The van der Waals surface area contributed by atoms with E-state index in [0.717, 1.165) is 37.6 Å². The van der Waals surface area contributed by atoms with Crippen molar-refractivity contribution in [1.29, 1.82) is 0 Å². The van der Waals surface area contributed by atoms with Gasteiger partial charge in [0.15, 0.2) is 6.61 Å². The summed E-state index contributed by atoms with van der Waals surface area (Å²) in [7, 11) is 4.06. The summed E-state index contributed by atoms with van der Waals surface area (Å²) in [5, 5.41) is 3.04. The van der Waals surface area contributed by atoms with Crippen LogP contribution in [-0.2, 0) is 9.53 Å². The SMILES string of the molecule is Cc1cccc(OCC(=O)NC[C@@H](c2ccc(N(C)C)cc2)N2CCOCC2)c1. The van der Waals surface area contributed by atoms with E-state index in [-0.39, 0.29) is 18.6 Å². The third-order valence-corrected chi connectivity index (χ3v) is 5.13. The van der Waals surface area contributed by atoms with Gasteiger partial charge in [-0.1, -0.05) is 24.3 Å². The highest BCUT2D eigenvalue weighted by Crippen LogP contribution is 2.24. The standard InChI is InChI=1S/C23H31N3O3/c1-18-5-4-6-21(15-18)29-17-23(27)24-16-22(26-11-13-28-14-12-26)19-7-9-20(10-8-19)25(2)3/h4-10,15,22H,11-14,16-17H2,1-3H3,(H,24,27)/t22-/m0/s1. The molecular weight excluding hydrogens is 366 g/mol. The first-order chi connectivity index (χ1) is 14.0. The van der Waals surface area contributed by atoms with E-state index in [4.69, 9.17) is 9.47 Å². The predicted molar refractivity (Wildman–Crippen MR) is 116 cm³/mol. The summed E-state index contributed by atoms with van der Waals surface area (Å²) in [6, 6.07) is 16.3. The predicted octanol–water partition coefficient (Wildman–Crippen LogP) is 2.63. The molecule has 0 spiro atoms. The fraction of sp³-hybridized carbons (Fsp3) is 0.435. The van der Waals surface area contributed by atoms with Crippen molar-refractivity contribution in [3.63, 3.8) is 0 Å². The molecule has 1 fully saturated rings. The molecule has 6 heteroatoms. The molecule has 1 heterocycles. The number of carbonyl (C=O) groups excluding carboxylic acids is 1. The molecule has 1 N–H and O–H groups in total. The summed E-state index contributed by atoms with van der Waals surface area (Å²) < 4.78 is 11.1. The van der Waals surface area contributed by atoms with Gasteiger partial charge in [0.05, 0.1) is 19.3 Å². The third kappa shape index (κ3) is 6.21. The number of amides is 1. The van der Waals surface area contributed by atoms with Crippen molar-refractivity contribution >= 4 is 11.6 Å². The molecule has 1 aliphatic rings. The summed E-state index contributed by atoms with van der Waals surface area (Å²) in [4.78, 5) is 16.8. The van der Waals surface area contributed by atoms with Gasteiger partial charge in [0.1, 0.15) is 5.75 Å². The molecule has 29 heavy (non-hydrogen) atoms. The van der Waals surface area contributed by atoms with Crippen molar-refractivity contribution in [3.05, 3.63) is 59.7 Å². The van der Waals surface area contributed by atoms with Crippen LogP contribution in [0.5, 0.6) is 5.75 Å². The molecule has 0 saturated carbocycles. The molecule has 1 aliphatic heterocycles. The van der Waals surface area contributed by atoms with E-state index in [1.165, 1.54) is 5.56 Å². The highest BCUT2D eigenvalue weighted by Gasteiger charge is 2.23. The number of nitrogens with one attached hydrogen (secondary N) is 1. The van der Waals surface area contributed by atoms with Gasteiger partial charge >= 0.3 is 0 Å². The zero-order chi connectivity index (χ0) is 20.6. The Hall–Kier alpha value is -2.57. The van der Waals surface area contributed by atoms with E-state index in [1.54, 1.807) is 0 Å². The maximum atomic E-state index is 12.4. The van der Waals surface area contributed by atoms with Gasteiger partial charge in [-0.05, 0) is 42.3 Å². The van der Waals surface area contributed by atoms with Crippen LogP contribution in [0.15, 0.2) is 48.5 Å². The Morgan fingerprint density at radius 2 is 1.90 bits per heavy atom. The number of hydrogen-bond acceptors (Lipinski definition) is 5. The minimum atomic E-state index is -0.116. The first-order valence-corrected chi connectivity index (χ1v) is 10.1. The van der Waals surface area contributed by atoms with Crippen molar-refractivity contribution in [3.8, 4) is 5.75 Å². The largest absolute Gasteiger partial charge is 0.484 e. The van der Waals surface area contributed by atoms with E-state index in [1.807, 2.05) is 45.3 Å². The molecule has 2 aromatic carbocycles. The molecule has 0 radical (unpaired) electrons. The van der Waals surface area contributed by atoms with Gasteiger partial charge < -0.3 is 19.7 Å². The van der Waals surface area contributed by atoms with E-state index in [2.05, 4.69) is 39.4 Å². The number of hydrogen-bond donors (Lipinski definition) is 1. The van der Waals surface area contributed by atoms with Crippen LogP contribution in [0.4, 0.5) is 5.69 Å². The average molecular weight is 398 g/mol. The molecule has 1 atom stereocenters. The van der Waals surface area contributed by atoms with Crippen LogP contribution in [0.25, 0.3) is 0 Å². The average Bonchev–Trinajstić information content (AvgIpc) is 2.73. The lowest BCUT2D eigenvalue weighted by molar-refractivity contribution is -0.123. The second-order valence-corrected chi connectivity index (χ2v) is 7.56. The van der Waals surface area contributed by atoms with Crippen molar-refractivity contribution in [2.45, 2.75) is 13.0 Å². The second kappa shape index (κ2) is 10.3. The van der Waals surface area contributed by atoms with Gasteiger partial charge in [-0.3, -0.25) is 9.69 Å². The first-order valence-electron chi connectivity index (χ1n) is 10.1. The lowest BCUT2D eigenvalue weighted by atomic mass is 10.0. The minimum absolute atomic E-state index is 0.0127. The van der Waals surface area contributed by atoms with Gasteiger partial charge in [-0.15, -0.1) is 0 Å². The molecule has 0 aromatic heterocycles. The molecular formula is C23H31N3O3. The van der Waals surface area contributed by atoms with Crippen LogP contribution in [0.1, 0.15) is 17.2 Å². The molecule has 0 unspecified atom stereocenters. The van der Waals surface area contributed by atoms with E-state index in [9.17, 15) is 4.79 Å². The Labute approximate surface area is 173 Å². The van der Waals surface area contributed by atoms with Crippen LogP contribution in [0.3, 0.4) is 0 Å². The number of benzene rings is 2. The number of morpholine rings is 1. The number of carbonyl (C=O) groups is 1. The number of rotatable bonds is 8. The molecule has 2 aromatic rings. The Morgan fingerprint density at radius 1 is 1.17 bits per heavy atom. The van der Waals surface area contributed by atoms with Gasteiger partial charge in [-0.25, -0.2) is 0 Å². The van der Waals surface area contributed by atoms with Crippen LogP contribution < -0.4 is 15.0 Å². The molecule has 6 nitrogen and oxygen atoms in total. The third-order valence-electron chi connectivity index (χ3n) is 5.13. The van der Waals surface area contributed by atoms with E-state index < -0.39 is 0 Å². The van der Waals surface area contributed by atoms with Crippen molar-refractivity contribution in [2.24, 2.45) is 0 Å². The molecule has 3 rings (SSSR count). The zero-order valence-electron chi connectivity index (χ0n) is 17.6. The highest BCUT2D eigenvalue weighted by atomic mass is 16.5. The van der Waals surface area contributed by atoms with Gasteiger partial charge in [0.25, 0.3) is 5.91 Å². The number of aryl methyl sites for hydroxylation is 1. The smallest absolute Gasteiger partial charge is 0.258 e. The van der Waals surface area contributed by atoms with Gasteiger partial charge in [0, 0.05) is 39.4 Å². The van der Waals surface area contributed by atoms with E-state index in [0.29, 0.717) is 12.3 Å². The van der Waals surface area contributed by atoms with Crippen molar-refractivity contribution < 1.29 is 14.3 Å². The number of nitrogens with zero attached hydrogens (tertiary/aromatic N) is 2. The normalized spacial score (nSPS) is 15.6. The maximum absolute atomic E-state index is 12.4. The second-order valence-electron chi connectivity index (χ2n) is 7.56. The molecule has 1 amide bonds. The van der Waals surface area contributed by atoms with Crippen molar-refractivity contribution in [2.75, 3.05) is 58.5 Å². The van der Waals surface area contributed by atoms with Gasteiger partial charge in [-0.2, -0.15) is 0 Å². The van der Waals surface area contributed by atoms with Crippen molar-refractivity contribution in [1.82, 2.24) is 10.2 Å². The molecule has 0 aliphatic carbocycles. The molecule has 0 bridgehead atoms. The number of ether oxygens (including phenoxy) is 2. The first kappa shape index (κ1) is 21.1. The summed E-state index contributed by atoms with van der Waals surface area (Å²) >= 11 is 0. The fourth-order valence-corrected chi connectivity index (χ4v) is 3.46. The Bertz CT molecular complexity index is 786. The summed E-state index contributed by atoms with van der Waals surface area (Å²) in [5.41, 5.74) is 3.46. The highest BCUT2D eigenvalue weighted by molar-refractivity contribution is 5.77. The minimum Gasteiger partial charge on any atom is -0.484 e. The Balaban J connectivity index is 1.61. The monoisotopic (exact) mass is 397 g/mol. The fourth-order valence-electron chi connectivity index (χ4n) is 3.46. The maximum Gasteiger partial charge on any atom is 0.258 e. The lowest BCUT2D eigenvalue weighted by Gasteiger charge is -2.35. The lowest BCUT2D eigenvalue weighted by Crippen LogP contribution is -2.44. The van der Waals surface area contributed by atoms with Crippen LogP contribution in [-0.4, -0.2) is 64.4 Å². The van der Waals surface area contributed by atoms with E-state index >= 15 is 0 Å². The Kier molecular flexibility index (Phi) is 7.49. The quantitative estimate of drug-likeness (QED) is 0.742. The molecule has 1 saturated heterocycles. The summed E-state index contributed by atoms with van der Waals surface area (Å²) in [6.45, 7) is 5.70. The molecule has 156 valence electrons. The van der Waals surface area contributed by atoms with Crippen LogP contribution >= 0.6 is 0 Å². The van der Waals surface area contributed by atoms with Crippen LogP contribution in [0, 0.1) is 6.92 Å². The summed E-state index contributed by atoms with van der Waals surface area (Å²) in [6.07, 6.45) is 0. The number of anilines is 1.